The van der Waals surface area contributed by atoms with Crippen LogP contribution in [0.2, 0.25) is 0 Å². The number of ether oxygens (including phenoxy) is 1. The fraction of sp³-hybridized carbons (Fsp3) is 0.529. The van der Waals surface area contributed by atoms with Crippen LogP contribution in [0.5, 0.6) is 0 Å². The summed E-state index contributed by atoms with van der Waals surface area (Å²) in [6.07, 6.45) is 4.76. The molecule has 0 spiro atoms. The molecule has 1 aromatic heterocycles. The Kier molecular flexibility index (Phi) is 4.27. The van der Waals surface area contributed by atoms with E-state index < -0.39 is 0 Å². The van der Waals surface area contributed by atoms with Gasteiger partial charge in [0, 0.05) is 30.5 Å². The van der Waals surface area contributed by atoms with Gasteiger partial charge < -0.3 is 9.64 Å². The lowest BCUT2D eigenvalue weighted by molar-refractivity contribution is 0.0251. The van der Waals surface area contributed by atoms with Crippen LogP contribution in [-0.2, 0) is 11.3 Å². The van der Waals surface area contributed by atoms with Gasteiger partial charge in [0.2, 0.25) is 5.13 Å². The van der Waals surface area contributed by atoms with E-state index in [1.807, 2.05) is 0 Å². The highest BCUT2D eigenvalue weighted by atomic mass is 32.1. The molecule has 0 unspecified atom stereocenters. The van der Waals surface area contributed by atoms with E-state index in [4.69, 9.17) is 4.74 Å². The zero-order valence-corrected chi connectivity index (χ0v) is 13.8. The average molecular weight is 333 g/mol. The maximum Gasteiger partial charge on any atom is 0.205 e. The number of nitrogens with zero attached hydrogens (tertiary/aromatic N) is 3. The Bertz CT molecular complexity index is 648. The van der Waals surface area contributed by atoms with Gasteiger partial charge in [-0.2, -0.15) is 4.37 Å². The number of piperidine rings is 1. The van der Waals surface area contributed by atoms with Gasteiger partial charge in [-0.25, -0.2) is 9.37 Å². The molecule has 0 amide bonds. The summed E-state index contributed by atoms with van der Waals surface area (Å²) >= 11 is 1.53. The maximum atomic E-state index is 12.9. The van der Waals surface area contributed by atoms with Crippen molar-refractivity contribution in [2.45, 2.75) is 44.3 Å². The molecule has 4 rings (SSSR count). The second kappa shape index (κ2) is 6.53. The van der Waals surface area contributed by atoms with E-state index in [0.717, 1.165) is 42.5 Å². The molecule has 0 N–H and O–H groups in total. The van der Waals surface area contributed by atoms with Crippen molar-refractivity contribution in [2.75, 3.05) is 18.0 Å². The van der Waals surface area contributed by atoms with Crippen molar-refractivity contribution in [1.29, 1.82) is 0 Å². The molecule has 23 heavy (non-hydrogen) atoms. The first-order valence-electron chi connectivity index (χ1n) is 8.22. The summed E-state index contributed by atoms with van der Waals surface area (Å²) in [4.78, 5) is 7.00. The Morgan fingerprint density at radius 2 is 1.87 bits per heavy atom. The molecule has 4 nitrogen and oxygen atoms in total. The predicted octanol–water partition coefficient (Wildman–Crippen LogP) is 3.74. The second-order valence-corrected chi connectivity index (χ2v) is 7.06. The van der Waals surface area contributed by atoms with Crippen LogP contribution in [0.4, 0.5) is 9.52 Å². The third-order valence-corrected chi connectivity index (χ3v) is 5.28. The molecule has 6 heteroatoms. The van der Waals surface area contributed by atoms with Crippen LogP contribution >= 0.6 is 11.5 Å². The van der Waals surface area contributed by atoms with Crippen LogP contribution < -0.4 is 4.90 Å². The molecule has 2 aliphatic rings. The molecule has 122 valence electrons. The quantitative estimate of drug-likeness (QED) is 0.835. The topological polar surface area (TPSA) is 38.2 Å². The third kappa shape index (κ3) is 3.70. The van der Waals surface area contributed by atoms with Gasteiger partial charge in [0.15, 0.2) is 0 Å². The third-order valence-electron chi connectivity index (χ3n) is 4.48. The Labute approximate surface area is 139 Å². The summed E-state index contributed by atoms with van der Waals surface area (Å²) in [7, 11) is 0. The molecule has 0 atom stereocenters. The van der Waals surface area contributed by atoms with Crippen molar-refractivity contribution in [3.63, 3.8) is 0 Å². The fourth-order valence-corrected chi connectivity index (χ4v) is 3.67. The molecule has 2 heterocycles. The number of hydrogen-bond acceptors (Lipinski definition) is 5. The van der Waals surface area contributed by atoms with E-state index in [1.165, 1.54) is 36.5 Å². The molecule has 1 aromatic carbocycles. The Balaban J connectivity index is 1.26. The van der Waals surface area contributed by atoms with E-state index >= 15 is 0 Å². The van der Waals surface area contributed by atoms with Gasteiger partial charge in [-0.15, -0.1) is 0 Å². The first kappa shape index (κ1) is 15.0. The first-order valence-corrected chi connectivity index (χ1v) is 9.00. The molecular weight excluding hydrogens is 313 g/mol. The molecule has 0 radical (unpaired) electrons. The van der Waals surface area contributed by atoms with Gasteiger partial charge in [-0.05, 0) is 43.4 Å². The van der Waals surface area contributed by atoms with E-state index in [9.17, 15) is 4.39 Å². The smallest absolute Gasteiger partial charge is 0.205 e. The lowest BCUT2D eigenvalue weighted by Crippen LogP contribution is -2.37. The van der Waals surface area contributed by atoms with Gasteiger partial charge in [0.05, 0.1) is 12.7 Å². The van der Waals surface area contributed by atoms with Crippen LogP contribution in [0, 0.1) is 5.82 Å². The molecule has 1 aliphatic heterocycles. The SMILES string of the molecule is Fc1ccc(COC2CCN(c3nc(C4CC4)ns3)CC2)cc1. The maximum absolute atomic E-state index is 12.9. The van der Waals surface area contributed by atoms with Crippen molar-refractivity contribution in [3.05, 3.63) is 41.5 Å². The van der Waals surface area contributed by atoms with Crippen molar-refractivity contribution < 1.29 is 9.13 Å². The van der Waals surface area contributed by atoms with Crippen LogP contribution in [0.1, 0.15) is 43.0 Å². The Morgan fingerprint density at radius 3 is 2.57 bits per heavy atom. The standard InChI is InChI=1S/C17H20FN3OS/c18-14-5-1-12(2-6-14)11-22-15-7-9-21(10-8-15)17-19-16(20-23-17)13-3-4-13/h1-2,5-6,13,15H,3-4,7-11H2. The molecule has 1 saturated carbocycles. The lowest BCUT2D eigenvalue weighted by atomic mass is 10.1. The number of anilines is 1. The molecule has 1 aliphatic carbocycles. The highest BCUT2D eigenvalue weighted by molar-refractivity contribution is 7.09. The average Bonchev–Trinajstić information content (AvgIpc) is 3.32. The van der Waals surface area contributed by atoms with Gasteiger partial charge in [0.1, 0.15) is 11.6 Å². The fourth-order valence-electron chi connectivity index (χ4n) is 2.87. The van der Waals surface area contributed by atoms with Gasteiger partial charge in [0.25, 0.3) is 0 Å². The number of benzene rings is 1. The Hall–Kier alpha value is -1.53. The van der Waals surface area contributed by atoms with E-state index in [0.29, 0.717) is 12.5 Å². The number of hydrogen-bond donors (Lipinski definition) is 0. The minimum absolute atomic E-state index is 0.204. The number of aromatic nitrogens is 2. The molecule has 0 bridgehead atoms. The van der Waals surface area contributed by atoms with Gasteiger partial charge in [-0.1, -0.05) is 12.1 Å². The van der Waals surface area contributed by atoms with Crippen LogP contribution in [0.25, 0.3) is 0 Å². The van der Waals surface area contributed by atoms with Crippen molar-refractivity contribution >= 4 is 16.7 Å². The largest absolute Gasteiger partial charge is 0.373 e. The summed E-state index contributed by atoms with van der Waals surface area (Å²) in [5.74, 6) is 1.46. The minimum Gasteiger partial charge on any atom is -0.373 e. The van der Waals surface area contributed by atoms with Crippen LogP contribution in [-0.4, -0.2) is 28.6 Å². The van der Waals surface area contributed by atoms with E-state index in [-0.39, 0.29) is 11.9 Å². The van der Waals surface area contributed by atoms with Crippen molar-refractivity contribution in [1.82, 2.24) is 9.36 Å². The second-order valence-electron chi connectivity index (χ2n) is 6.33. The van der Waals surface area contributed by atoms with Gasteiger partial charge >= 0.3 is 0 Å². The van der Waals surface area contributed by atoms with Crippen molar-refractivity contribution in [3.8, 4) is 0 Å². The highest BCUT2D eigenvalue weighted by Gasteiger charge is 2.29. The normalized spacial score (nSPS) is 19.3. The highest BCUT2D eigenvalue weighted by Crippen LogP contribution is 2.40. The summed E-state index contributed by atoms with van der Waals surface area (Å²) < 4.78 is 23.3. The predicted molar refractivity (Wildman–Crippen MR) is 88.3 cm³/mol. The Morgan fingerprint density at radius 1 is 1.13 bits per heavy atom. The number of rotatable bonds is 5. The molecule has 2 fully saturated rings. The van der Waals surface area contributed by atoms with E-state index in [1.54, 1.807) is 12.1 Å². The van der Waals surface area contributed by atoms with Crippen molar-refractivity contribution in [2.24, 2.45) is 0 Å². The molecule has 2 aromatic rings. The van der Waals surface area contributed by atoms with Gasteiger partial charge in [-0.3, -0.25) is 0 Å². The monoisotopic (exact) mass is 333 g/mol. The zero-order valence-electron chi connectivity index (χ0n) is 12.9. The first-order chi connectivity index (χ1) is 11.3. The van der Waals surface area contributed by atoms with Crippen LogP contribution in [0.3, 0.4) is 0 Å². The zero-order chi connectivity index (χ0) is 15.6. The van der Waals surface area contributed by atoms with Crippen LogP contribution in [0.15, 0.2) is 24.3 Å². The molecular formula is C17H20FN3OS. The molecule has 1 saturated heterocycles. The summed E-state index contributed by atoms with van der Waals surface area (Å²) in [5.41, 5.74) is 1.02. The lowest BCUT2D eigenvalue weighted by Gasteiger charge is -2.31. The minimum atomic E-state index is -0.204. The number of halogens is 1. The summed E-state index contributed by atoms with van der Waals surface area (Å²) in [5, 5.41) is 1.06. The summed E-state index contributed by atoms with van der Waals surface area (Å²) in [6, 6.07) is 6.53. The summed E-state index contributed by atoms with van der Waals surface area (Å²) in [6.45, 7) is 2.48. The van der Waals surface area contributed by atoms with E-state index in [2.05, 4.69) is 14.3 Å².